The number of halogens is 2. The van der Waals surface area contributed by atoms with Crippen LogP contribution in [0.25, 0.3) is 45.6 Å². The number of rotatable bonds is 8. The van der Waals surface area contributed by atoms with E-state index in [0.29, 0.717) is 9.52 Å². The number of benzene rings is 4. The van der Waals surface area contributed by atoms with Crippen LogP contribution in [0.2, 0.25) is 12.1 Å². The standard InChI is InChI=1S/C62H74O2Si.2ClH.Zr/c1-35-23-47-51(57(39(35)5)41-25-43(59(7,8)9)29-44(26-41)60(10,11)12)31-49(55-21-19-37(3)63-55)53(47)33-65-34-54-48-24-36(2)40(6)58(52(48)32-50(54)56-22-20-38(4)64-56)42-27-45(61(13,14)15)30-46(28-42)62(16,17)18;;;/h19-32,53-54H,33-34H2,1-18H3;2*1H;/q;;;+2/p-2. The van der Waals surface area contributed by atoms with Crippen molar-refractivity contribution >= 4 is 49.8 Å². The molecule has 0 spiro atoms. The summed E-state index contributed by atoms with van der Waals surface area (Å²) in [7, 11) is 10.6. The van der Waals surface area contributed by atoms with Gasteiger partial charge < -0.3 is 8.83 Å². The fourth-order valence-corrected chi connectivity index (χ4v) is 11.8. The Labute approximate surface area is 431 Å². The molecule has 6 aromatic rings. The van der Waals surface area contributed by atoms with Crippen molar-refractivity contribution < 1.29 is 29.7 Å². The van der Waals surface area contributed by atoms with Crippen LogP contribution in [0.3, 0.4) is 0 Å². The summed E-state index contributed by atoms with van der Waals surface area (Å²) in [4.78, 5) is 0. The van der Waals surface area contributed by atoms with Crippen molar-refractivity contribution in [1.29, 1.82) is 0 Å². The van der Waals surface area contributed by atoms with E-state index >= 15 is 0 Å². The molecule has 0 fully saturated rings. The fourth-order valence-electron chi connectivity index (χ4n) is 10.2. The summed E-state index contributed by atoms with van der Waals surface area (Å²) in [5.74, 6) is 4.35. The molecule has 8 rings (SSSR count). The number of fused-ring (bicyclic) bond motifs is 2. The molecule has 2 heterocycles. The second-order valence-electron chi connectivity index (χ2n) is 23.8. The van der Waals surface area contributed by atoms with Crippen LogP contribution in [0.4, 0.5) is 0 Å². The molecule has 0 saturated carbocycles. The van der Waals surface area contributed by atoms with Crippen molar-refractivity contribution in [2.45, 2.75) is 170 Å². The third kappa shape index (κ3) is 10.8. The zero-order valence-electron chi connectivity index (χ0n) is 44.2. The van der Waals surface area contributed by atoms with E-state index in [1.807, 2.05) is 0 Å². The number of allylic oxidation sites excluding steroid dienone is 2. The molecule has 2 unspecified atom stereocenters. The maximum atomic E-state index is 6.52. The van der Waals surface area contributed by atoms with Crippen molar-refractivity contribution in [2.24, 2.45) is 0 Å². The Morgan fingerprint density at radius 1 is 0.471 bits per heavy atom. The summed E-state index contributed by atoms with van der Waals surface area (Å²) in [6.07, 6.45) is 4.98. The molecule has 4 aromatic carbocycles. The molecule has 6 heteroatoms. The van der Waals surface area contributed by atoms with Gasteiger partial charge in [0.2, 0.25) is 0 Å². The van der Waals surface area contributed by atoms with E-state index in [2.05, 4.69) is 210 Å². The first-order valence-electron chi connectivity index (χ1n) is 24.5. The summed E-state index contributed by atoms with van der Waals surface area (Å²) in [6, 6.07) is 30.5. The Bertz CT molecular complexity index is 2670. The summed E-state index contributed by atoms with van der Waals surface area (Å²) in [5, 5.41) is 0. The van der Waals surface area contributed by atoms with Crippen molar-refractivity contribution in [2.75, 3.05) is 0 Å². The molecule has 2 aliphatic carbocycles. The predicted octanol–water partition coefficient (Wildman–Crippen LogP) is 19.1. The van der Waals surface area contributed by atoms with Crippen LogP contribution in [0.1, 0.15) is 185 Å². The van der Waals surface area contributed by atoms with E-state index in [1.165, 1.54) is 100 Å². The van der Waals surface area contributed by atoms with Gasteiger partial charge in [0.05, 0.1) is 0 Å². The van der Waals surface area contributed by atoms with Gasteiger partial charge >= 0.3 is 37.9 Å². The number of hydrogen-bond acceptors (Lipinski definition) is 2. The van der Waals surface area contributed by atoms with Crippen LogP contribution in [0.5, 0.6) is 0 Å². The van der Waals surface area contributed by atoms with Gasteiger partial charge in [-0.05, 0) is 201 Å². The van der Waals surface area contributed by atoms with E-state index < -0.39 is 20.8 Å². The number of hydrogen-bond donors (Lipinski definition) is 0. The average Bonchev–Trinajstić information content (AvgIpc) is 4.03. The van der Waals surface area contributed by atoms with E-state index in [1.54, 1.807) is 0 Å². The first kappa shape index (κ1) is 52.4. The van der Waals surface area contributed by atoms with Crippen LogP contribution >= 0.6 is 17.0 Å². The Balaban J connectivity index is 0.00000222. The molecule has 0 amide bonds. The molecule has 0 aliphatic heterocycles. The molecule has 2 aromatic heterocycles. The van der Waals surface area contributed by atoms with Crippen LogP contribution in [0.15, 0.2) is 81.6 Å². The molecule has 356 valence electrons. The van der Waals surface area contributed by atoms with E-state index in [9.17, 15) is 0 Å². The van der Waals surface area contributed by atoms with Gasteiger partial charge in [0.1, 0.15) is 23.0 Å². The van der Waals surface area contributed by atoms with Gasteiger partial charge in [-0.1, -0.05) is 132 Å². The molecule has 0 saturated heterocycles. The van der Waals surface area contributed by atoms with E-state index in [-0.39, 0.29) is 33.5 Å². The van der Waals surface area contributed by atoms with Crippen LogP contribution in [0, 0.1) is 41.5 Å². The molecule has 2 nitrogen and oxygen atoms in total. The zero-order chi connectivity index (χ0) is 50.0. The van der Waals surface area contributed by atoms with Gasteiger partial charge in [-0.2, -0.15) is 0 Å². The second kappa shape index (κ2) is 19.7. The molecule has 2 aliphatic rings. The van der Waals surface area contributed by atoms with Gasteiger partial charge in [-0.3, -0.25) is 0 Å². The monoisotopic (exact) mass is 1040 g/mol. The SMILES string of the molecule is Cc1ccc(C2=Cc3c(cc(C)c(C)c3-c3cc(C(C)(C)C)cc(C(C)(C)C)c3)C2C[Si]CC2C(c3ccc(C)o3)=Cc3c2cc(C)c(C)c3-c2cc(C(C)(C)C)cc(C(C)(C)C)c2)o1.[Cl][Zr][Cl]. The Morgan fingerprint density at radius 2 is 0.779 bits per heavy atom. The summed E-state index contributed by atoms with van der Waals surface area (Å²) in [6.45, 7) is 41.5. The first-order valence-corrected chi connectivity index (χ1v) is 32.2. The van der Waals surface area contributed by atoms with Crippen molar-refractivity contribution in [3.8, 4) is 22.3 Å². The molecular formula is C62H74Cl2O2SiZr. The Morgan fingerprint density at radius 3 is 1.04 bits per heavy atom. The molecule has 0 bridgehead atoms. The topological polar surface area (TPSA) is 26.3 Å². The quantitative estimate of drug-likeness (QED) is 0.142. The Kier molecular flexibility index (Phi) is 15.2. The van der Waals surface area contributed by atoms with Gasteiger partial charge in [0, 0.05) is 32.5 Å². The Hall–Kier alpha value is -3.40. The van der Waals surface area contributed by atoms with Gasteiger partial charge in [-0.25, -0.2) is 0 Å². The molecular weight excluding hydrogens is 967 g/mol. The van der Waals surface area contributed by atoms with Crippen molar-refractivity contribution in [3.63, 3.8) is 0 Å². The minimum atomic E-state index is -0.826. The summed E-state index contributed by atoms with van der Waals surface area (Å²) >= 11 is -0.826. The number of aryl methyl sites for hydroxylation is 4. The second-order valence-corrected chi connectivity index (χ2v) is 28.9. The fraction of sp³-hybridized carbons (Fsp3) is 0.419. The average molecular weight is 1040 g/mol. The van der Waals surface area contributed by atoms with Crippen LogP contribution in [-0.2, 0) is 42.5 Å². The van der Waals surface area contributed by atoms with Crippen molar-refractivity contribution in [3.05, 3.63) is 163 Å². The zero-order valence-corrected chi connectivity index (χ0v) is 49.2. The third-order valence-electron chi connectivity index (χ3n) is 14.6. The van der Waals surface area contributed by atoms with Crippen molar-refractivity contribution in [1.82, 2.24) is 0 Å². The third-order valence-corrected chi connectivity index (χ3v) is 16.0. The van der Waals surface area contributed by atoms with Gasteiger partial charge in [-0.15, -0.1) is 0 Å². The van der Waals surface area contributed by atoms with Gasteiger partial charge in [0.15, 0.2) is 0 Å². The summed E-state index contributed by atoms with van der Waals surface area (Å²) < 4.78 is 13.0. The first-order chi connectivity index (χ1) is 31.6. The van der Waals surface area contributed by atoms with Crippen LogP contribution < -0.4 is 0 Å². The van der Waals surface area contributed by atoms with Gasteiger partial charge in [0.25, 0.3) is 0 Å². The molecule has 2 radical (unpaired) electrons. The molecule has 2 atom stereocenters. The summed E-state index contributed by atoms with van der Waals surface area (Å²) in [5.41, 5.74) is 24.6. The molecule has 68 heavy (non-hydrogen) atoms. The maximum absolute atomic E-state index is 6.52. The van der Waals surface area contributed by atoms with E-state index in [4.69, 9.17) is 25.9 Å². The predicted molar refractivity (Wildman–Crippen MR) is 293 cm³/mol. The normalized spacial score (nSPS) is 16.0. The minimum absolute atomic E-state index is 0.0254. The van der Waals surface area contributed by atoms with E-state index in [0.717, 1.165) is 35.1 Å². The molecule has 0 N–H and O–H groups in total. The number of furan rings is 2. The van der Waals surface area contributed by atoms with Crippen LogP contribution in [-0.4, -0.2) is 9.52 Å².